The number of hydrogen-bond donors (Lipinski definition) is 0. The third kappa shape index (κ3) is 3.61. The minimum atomic E-state index is -0.254. The fraction of sp³-hybridized carbons (Fsp3) is 0.0909. The third-order valence-corrected chi connectivity index (χ3v) is 7.66. The molecule has 0 amide bonds. The van der Waals surface area contributed by atoms with Crippen molar-refractivity contribution in [2.45, 2.75) is 5.92 Å². The van der Waals surface area contributed by atoms with E-state index in [-0.39, 0.29) is 5.92 Å². The Hall–Kier alpha value is -5.50. The van der Waals surface area contributed by atoms with Crippen molar-refractivity contribution < 1.29 is 14.2 Å². The Balaban J connectivity index is 1.38. The Morgan fingerprint density at radius 2 is 1.59 bits per heavy atom. The van der Waals surface area contributed by atoms with Crippen LogP contribution < -0.4 is 14.2 Å². The molecule has 8 rings (SSSR count). The Bertz CT molecular complexity index is 2140. The molecule has 1 aliphatic heterocycles. The maximum Gasteiger partial charge on any atom is 0.228 e. The van der Waals surface area contributed by atoms with Crippen LogP contribution in [0.15, 0.2) is 97.3 Å². The standard InChI is InChI=1S/C33H23N5O3/c1-39-26-16-13-21(17-27(26)40-2)28-23-14-11-19-7-3-5-9-22(19)30(23)41-33-29(28)32-36-31(37-38(32)18-34-33)25-15-12-20-8-4-6-10-24(20)35-25/h3-18,28H,1-2H3. The highest BCUT2D eigenvalue weighted by atomic mass is 16.5. The first-order valence-corrected chi connectivity index (χ1v) is 13.2. The molecule has 8 heteroatoms. The minimum absolute atomic E-state index is 0.254. The van der Waals surface area contributed by atoms with E-state index >= 15 is 0 Å². The molecule has 41 heavy (non-hydrogen) atoms. The molecule has 0 radical (unpaired) electrons. The monoisotopic (exact) mass is 537 g/mol. The minimum Gasteiger partial charge on any atom is -0.493 e. The van der Waals surface area contributed by atoms with E-state index in [9.17, 15) is 0 Å². The van der Waals surface area contributed by atoms with Gasteiger partial charge >= 0.3 is 0 Å². The van der Waals surface area contributed by atoms with Crippen LogP contribution >= 0.6 is 0 Å². The number of fused-ring (bicyclic) bond motifs is 7. The Morgan fingerprint density at radius 3 is 2.46 bits per heavy atom. The van der Waals surface area contributed by atoms with Gasteiger partial charge in [-0.2, -0.15) is 0 Å². The molecule has 4 heterocycles. The largest absolute Gasteiger partial charge is 0.493 e. The van der Waals surface area contributed by atoms with Crippen LogP contribution in [0.5, 0.6) is 23.1 Å². The summed E-state index contributed by atoms with van der Waals surface area (Å²) in [7, 11) is 3.27. The van der Waals surface area contributed by atoms with Crippen molar-refractivity contribution in [1.82, 2.24) is 24.6 Å². The average Bonchev–Trinajstić information content (AvgIpc) is 3.48. The first kappa shape index (κ1) is 23.4. The number of ether oxygens (including phenoxy) is 3. The summed E-state index contributed by atoms with van der Waals surface area (Å²) in [5, 5.41) is 7.94. The molecule has 3 aromatic heterocycles. The first-order chi connectivity index (χ1) is 20.2. The maximum atomic E-state index is 6.56. The topological polar surface area (TPSA) is 83.7 Å². The van der Waals surface area contributed by atoms with E-state index in [0.29, 0.717) is 34.5 Å². The molecule has 0 aliphatic carbocycles. The molecule has 7 aromatic rings. The van der Waals surface area contributed by atoms with Crippen LogP contribution in [0, 0.1) is 0 Å². The van der Waals surface area contributed by atoms with Gasteiger partial charge in [-0.3, -0.25) is 0 Å². The second kappa shape index (κ2) is 9.02. The van der Waals surface area contributed by atoms with Crippen LogP contribution in [0.2, 0.25) is 0 Å². The fourth-order valence-corrected chi connectivity index (χ4v) is 5.72. The Kier molecular flexibility index (Phi) is 5.15. The summed E-state index contributed by atoms with van der Waals surface area (Å²) >= 11 is 0. The Labute approximate surface area is 234 Å². The summed E-state index contributed by atoms with van der Waals surface area (Å²) in [4.78, 5) is 14.5. The zero-order valence-electron chi connectivity index (χ0n) is 22.3. The van der Waals surface area contributed by atoms with Crippen LogP contribution in [0.25, 0.3) is 38.8 Å². The molecule has 198 valence electrons. The van der Waals surface area contributed by atoms with E-state index in [1.807, 2.05) is 66.7 Å². The molecular weight excluding hydrogens is 514 g/mol. The summed E-state index contributed by atoms with van der Waals surface area (Å²) in [6.07, 6.45) is 1.65. The molecular formula is C33H23N5O3. The van der Waals surface area contributed by atoms with Crippen LogP contribution in [-0.4, -0.2) is 38.8 Å². The smallest absolute Gasteiger partial charge is 0.228 e. The number of para-hydroxylation sites is 1. The highest BCUT2D eigenvalue weighted by Crippen LogP contribution is 2.51. The van der Waals surface area contributed by atoms with Crippen LogP contribution in [0.3, 0.4) is 0 Å². The van der Waals surface area contributed by atoms with Crippen molar-refractivity contribution in [2.24, 2.45) is 0 Å². The first-order valence-electron chi connectivity index (χ1n) is 13.2. The molecule has 8 nitrogen and oxygen atoms in total. The number of hydrogen-bond acceptors (Lipinski definition) is 7. The van der Waals surface area contributed by atoms with Crippen LogP contribution in [0.4, 0.5) is 0 Å². The summed E-state index contributed by atoms with van der Waals surface area (Å²) < 4.78 is 19.5. The molecule has 1 atom stereocenters. The number of nitrogens with zero attached hydrogens (tertiary/aromatic N) is 5. The number of benzene rings is 4. The predicted molar refractivity (Wildman–Crippen MR) is 156 cm³/mol. The SMILES string of the molecule is COc1ccc(C2c3ccc4ccccc4c3Oc3ncn4nc(-c5ccc6ccccc6n5)nc4c32)cc1OC. The normalized spacial score (nSPS) is 14.0. The van der Waals surface area contributed by atoms with Gasteiger partial charge in [-0.15, -0.1) is 5.10 Å². The van der Waals surface area contributed by atoms with Gasteiger partial charge in [0.1, 0.15) is 17.8 Å². The molecule has 0 saturated heterocycles. The quantitative estimate of drug-likeness (QED) is 0.244. The molecule has 0 spiro atoms. The number of methoxy groups -OCH3 is 2. The lowest BCUT2D eigenvalue weighted by atomic mass is 9.82. The van der Waals surface area contributed by atoms with Crippen molar-refractivity contribution in [3.8, 4) is 34.6 Å². The zero-order chi connectivity index (χ0) is 27.5. The van der Waals surface area contributed by atoms with Crippen molar-refractivity contribution in [3.63, 3.8) is 0 Å². The van der Waals surface area contributed by atoms with Gasteiger partial charge in [0, 0.05) is 22.3 Å². The van der Waals surface area contributed by atoms with Gasteiger partial charge in [0.2, 0.25) is 11.7 Å². The number of pyridine rings is 1. The molecule has 0 fully saturated rings. The van der Waals surface area contributed by atoms with E-state index in [1.54, 1.807) is 25.1 Å². The van der Waals surface area contributed by atoms with Crippen LogP contribution in [0.1, 0.15) is 22.6 Å². The van der Waals surface area contributed by atoms with Gasteiger partial charge in [0.15, 0.2) is 17.1 Å². The van der Waals surface area contributed by atoms with Crippen molar-refractivity contribution in [1.29, 1.82) is 0 Å². The maximum absolute atomic E-state index is 6.56. The van der Waals surface area contributed by atoms with Crippen molar-refractivity contribution in [2.75, 3.05) is 14.2 Å². The van der Waals surface area contributed by atoms with E-state index in [2.05, 4.69) is 24.3 Å². The van der Waals surface area contributed by atoms with E-state index in [4.69, 9.17) is 34.3 Å². The average molecular weight is 538 g/mol. The van der Waals surface area contributed by atoms with Gasteiger partial charge in [0.05, 0.1) is 25.3 Å². The lowest BCUT2D eigenvalue weighted by Gasteiger charge is -2.29. The highest BCUT2D eigenvalue weighted by molar-refractivity contribution is 5.91. The summed E-state index contributed by atoms with van der Waals surface area (Å²) in [6.45, 7) is 0. The number of rotatable bonds is 4. The summed E-state index contributed by atoms with van der Waals surface area (Å²) in [5.74, 6) is 2.83. The fourth-order valence-electron chi connectivity index (χ4n) is 5.72. The van der Waals surface area contributed by atoms with Crippen LogP contribution in [-0.2, 0) is 0 Å². The molecule has 1 unspecified atom stereocenters. The van der Waals surface area contributed by atoms with Crippen molar-refractivity contribution >= 4 is 27.3 Å². The lowest BCUT2D eigenvalue weighted by Crippen LogP contribution is -2.15. The molecule has 0 bridgehead atoms. The molecule has 0 N–H and O–H groups in total. The van der Waals surface area contributed by atoms with E-state index < -0.39 is 0 Å². The number of aromatic nitrogens is 5. The second-order valence-corrected chi connectivity index (χ2v) is 9.91. The Morgan fingerprint density at radius 1 is 0.780 bits per heavy atom. The molecule has 0 saturated carbocycles. The van der Waals surface area contributed by atoms with Gasteiger partial charge in [-0.05, 0) is 35.2 Å². The lowest BCUT2D eigenvalue weighted by molar-refractivity contribution is 0.354. The van der Waals surface area contributed by atoms with E-state index in [0.717, 1.165) is 44.1 Å². The van der Waals surface area contributed by atoms with Crippen molar-refractivity contribution in [3.05, 3.63) is 114 Å². The van der Waals surface area contributed by atoms with E-state index in [1.165, 1.54) is 0 Å². The molecule has 4 aromatic carbocycles. The molecule has 1 aliphatic rings. The van der Waals surface area contributed by atoms with Gasteiger partial charge < -0.3 is 14.2 Å². The summed E-state index contributed by atoms with van der Waals surface area (Å²) in [5.41, 5.74) is 5.04. The van der Waals surface area contributed by atoms with Gasteiger partial charge in [-0.1, -0.05) is 66.7 Å². The zero-order valence-corrected chi connectivity index (χ0v) is 22.3. The second-order valence-electron chi connectivity index (χ2n) is 9.91. The van der Waals surface area contributed by atoms with Gasteiger partial charge in [0.25, 0.3) is 0 Å². The third-order valence-electron chi connectivity index (χ3n) is 7.66. The van der Waals surface area contributed by atoms with Gasteiger partial charge in [-0.25, -0.2) is 19.5 Å². The summed E-state index contributed by atoms with van der Waals surface area (Å²) in [6, 6.07) is 30.4. The predicted octanol–water partition coefficient (Wildman–Crippen LogP) is 6.80. The highest BCUT2D eigenvalue weighted by Gasteiger charge is 2.35.